The monoisotopic (exact) mass is 399 g/mol. The summed E-state index contributed by atoms with van der Waals surface area (Å²) in [5, 5.41) is 21.7. The van der Waals surface area contributed by atoms with E-state index in [-0.39, 0.29) is 23.3 Å². The minimum Gasteiger partial charge on any atom is -0.475 e. The van der Waals surface area contributed by atoms with Gasteiger partial charge in [-0.1, -0.05) is 0 Å². The molecule has 3 rings (SSSR count). The van der Waals surface area contributed by atoms with E-state index < -0.39 is 17.7 Å². The maximum absolute atomic E-state index is 14.4. The van der Waals surface area contributed by atoms with Crippen molar-refractivity contribution in [2.75, 3.05) is 10.6 Å². The lowest BCUT2D eigenvalue weighted by Gasteiger charge is -2.16. The van der Waals surface area contributed by atoms with Gasteiger partial charge in [0.15, 0.2) is 17.5 Å². The molecule has 10 heteroatoms. The van der Waals surface area contributed by atoms with Gasteiger partial charge >= 0.3 is 0 Å². The number of nitriles is 1. The van der Waals surface area contributed by atoms with E-state index >= 15 is 0 Å². The van der Waals surface area contributed by atoms with Crippen molar-refractivity contribution in [3.05, 3.63) is 53.4 Å². The van der Waals surface area contributed by atoms with Crippen LogP contribution in [0.15, 0.2) is 30.5 Å². The lowest BCUT2D eigenvalue weighted by Crippen LogP contribution is -2.12. The molecular weight excluding hydrogens is 380 g/mol. The molecule has 0 aliphatic rings. The first-order valence-electron chi connectivity index (χ1n) is 8.83. The average molecular weight is 399 g/mol. The minimum absolute atomic E-state index is 0.0212. The van der Waals surface area contributed by atoms with Crippen molar-refractivity contribution in [3.63, 3.8) is 0 Å². The van der Waals surface area contributed by atoms with Crippen LogP contribution in [0.4, 0.5) is 26.2 Å². The Morgan fingerprint density at radius 2 is 1.97 bits per heavy atom. The van der Waals surface area contributed by atoms with Crippen molar-refractivity contribution < 1.29 is 13.5 Å². The minimum atomic E-state index is -0.714. The molecule has 3 N–H and O–H groups in total. The SMILES string of the molecule is CC(C)Oc1cc(Nc2nc(NC(C)c3ccc(F)cn3)c(C#N)cc2F)n[nH]1. The third kappa shape index (κ3) is 4.95. The number of nitrogens with one attached hydrogen (secondary N) is 3. The number of pyridine rings is 2. The third-order valence-electron chi connectivity index (χ3n) is 3.81. The van der Waals surface area contributed by atoms with Gasteiger partial charge in [0.2, 0.25) is 5.88 Å². The summed E-state index contributed by atoms with van der Waals surface area (Å²) in [6.45, 7) is 5.50. The van der Waals surface area contributed by atoms with E-state index in [9.17, 15) is 14.0 Å². The molecule has 0 fully saturated rings. The van der Waals surface area contributed by atoms with Crippen molar-refractivity contribution >= 4 is 17.5 Å². The van der Waals surface area contributed by atoms with E-state index in [4.69, 9.17) is 4.74 Å². The van der Waals surface area contributed by atoms with Gasteiger partial charge in [-0.15, -0.1) is 0 Å². The molecule has 0 amide bonds. The smallest absolute Gasteiger partial charge is 0.211 e. The van der Waals surface area contributed by atoms with Crippen LogP contribution in [0.3, 0.4) is 0 Å². The molecule has 3 aromatic heterocycles. The van der Waals surface area contributed by atoms with E-state index in [2.05, 4.69) is 30.8 Å². The number of ether oxygens (including phenoxy) is 1. The molecule has 0 aliphatic carbocycles. The van der Waals surface area contributed by atoms with Crippen LogP contribution in [-0.2, 0) is 0 Å². The molecule has 0 saturated carbocycles. The maximum atomic E-state index is 14.4. The van der Waals surface area contributed by atoms with Crippen molar-refractivity contribution in [2.45, 2.75) is 32.9 Å². The number of H-pyrrole nitrogens is 1. The van der Waals surface area contributed by atoms with Gasteiger partial charge in [-0.2, -0.15) is 10.4 Å². The third-order valence-corrected chi connectivity index (χ3v) is 3.81. The standard InChI is InChI=1S/C19H19F2N7O/c1-10(2)29-17-7-16(27-28-17)25-19-14(21)6-12(8-22)18(26-19)24-11(3)15-5-4-13(20)9-23-15/h4-7,9-11H,1-3H3,(H3,24,25,26,27,28). The average Bonchev–Trinajstić information content (AvgIpc) is 3.10. The number of rotatable bonds is 7. The Morgan fingerprint density at radius 3 is 2.62 bits per heavy atom. The first kappa shape index (κ1) is 20.0. The predicted molar refractivity (Wildman–Crippen MR) is 103 cm³/mol. The first-order chi connectivity index (χ1) is 13.9. The molecule has 3 aromatic rings. The van der Waals surface area contributed by atoms with Crippen LogP contribution in [0, 0.1) is 23.0 Å². The molecule has 0 saturated heterocycles. The van der Waals surface area contributed by atoms with Gasteiger partial charge < -0.3 is 15.4 Å². The number of hydrogen-bond donors (Lipinski definition) is 3. The van der Waals surface area contributed by atoms with Gasteiger partial charge in [-0.25, -0.2) is 18.9 Å². The van der Waals surface area contributed by atoms with E-state index in [1.54, 1.807) is 13.0 Å². The summed E-state index contributed by atoms with van der Waals surface area (Å²) in [5.74, 6) is -0.404. The van der Waals surface area contributed by atoms with Crippen LogP contribution >= 0.6 is 0 Å². The lowest BCUT2D eigenvalue weighted by molar-refractivity contribution is 0.232. The molecule has 8 nitrogen and oxygen atoms in total. The molecule has 1 unspecified atom stereocenters. The van der Waals surface area contributed by atoms with Crippen LogP contribution in [0.5, 0.6) is 5.88 Å². The van der Waals surface area contributed by atoms with Gasteiger partial charge in [0.1, 0.15) is 17.7 Å². The van der Waals surface area contributed by atoms with Gasteiger partial charge in [-0.3, -0.25) is 4.98 Å². The number of aromatic amines is 1. The molecule has 0 aliphatic heterocycles. The summed E-state index contributed by atoms with van der Waals surface area (Å²) in [6.07, 6.45) is 1.04. The normalized spacial score (nSPS) is 11.8. The first-order valence-corrected chi connectivity index (χ1v) is 8.83. The predicted octanol–water partition coefficient (Wildman–Crippen LogP) is 4.05. The van der Waals surface area contributed by atoms with Crippen LogP contribution in [0.2, 0.25) is 0 Å². The number of aromatic nitrogens is 4. The molecule has 3 heterocycles. The zero-order valence-corrected chi connectivity index (χ0v) is 16.0. The highest BCUT2D eigenvalue weighted by molar-refractivity contribution is 5.62. The molecule has 1 atom stereocenters. The summed E-state index contributed by atoms with van der Waals surface area (Å²) in [6, 6.07) is 6.94. The Balaban J connectivity index is 1.83. The number of hydrogen-bond acceptors (Lipinski definition) is 7. The molecule has 0 radical (unpaired) electrons. The zero-order chi connectivity index (χ0) is 21.0. The van der Waals surface area contributed by atoms with Gasteiger partial charge in [0.25, 0.3) is 0 Å². The number of nitrogens with zero attached hydrogens (tertiary/aromatic N) is 4. The molecule has 0 spiro atoms. The Bertz CT molecular complexity index is 1030. The zero-order valence-electron chi connectivity index (χ0n) is 16.0. The highest BCUT2D eigenvalue weighted by Gasteiger charge is 2.16. The fraction of sp³-hybridized carbons (Fsp3) is 0.263. The van der Waals surface area contributed by atoms with Crippen molar-refractivity contribution in [1.82, 2.24) is 20.2 Å². The summed E-state index contributed by atoms with van der Waals surface area (Å²) < 4.78 is 32.9. The number of halogens is 2. The molecule has 29 heavy (non-hydrogen) atoms. The topological polar surface area (TPSA) is 112 Å². The van der Waals surface area contributed by atoms with E-state index in [0.29, 0.717) is 17.4 Å². The molecule has 150 valence electrons. The highest BCUT2D eigenvalue weighted by atomic mass is 19.1. The Labute approximate surface area is 166 Å². The van der Waals surface area contributed by atoms with Crippen molar-refractivity contribution in [1.29, 1.82) is 5.26 Å². The largest absolute Gasteiger partial charge is 0.475 e. The second-order valence-corrected chi connectivity index (χ2v) is 6.50. The molecule has 0 bridgehead atoms. The molecular formula is C19H19F2N7O. The maximum Gasteiger partial charge on any atom is 0.211 e. The van der Waals surface area contributed by atoms with Gasteiger partial charge in [0, 0.05) is 6.07 Å². The van der Waals surface area contributed by atoms with Gasteiger partial charge in [-0.05, 0) is 39.0 Å². The van der Waals surface area contributed by atoms with Crippen LogP contribution in [0.25, 0.3) is 0 Å². The van der Waals surface area contributed by atoms with E-state index in [1.165, 1.54) is 12.1 Å². The Morgan fingerprint density at radius 1 is 1.17 bits per heavy atom. The second-order valence-electron chi connectivity index (χ2n) is 6.50. The van der Waals surface area contributed by atoms with Crippen LogP contribution in [0.1, 0.15) is 38.1 Å². The van der Waals surface area contributed by atoms with E-state index in [0.717, 1.165) is 12.3 Å². The Hall–Kier alpha value is -3.74. The highest BCUT2D eigenvalue weighted by Crippen LogP contribution is 2.26. The summed E-state index contributed by atoms with van der Waals surface area (Å²) in [5.41, 5.74) is 0.562. The summed E-state index contributed by atoms with van der Waals surface area (Å²) >= 11 is 0. The Kier molecular flexibility index (Phi) is 5.87. The fourth-order valence-corrected chi connectivity index (χ4v) is 2.50. The summed E-state index contributed by atoms with van der Waals surface area (Å²) in [4.78, 5) is 8.17. The number of anilines is 3. The van der Waals surface area contributed by atoms with Crippen molar-refractivity contribution in [2.24, 2.45) is 0 Å². The fourth-order valence-electron chi connectivity index (χ4n) is 2.50. The molecule has 0 aromatic carbocycles. The van der Waals surface area contributed by atoms with E-state index in [1.807, 2.05) is 19.9 Å². The van der Waals surface area contributed by atoms with Crippen LogP contribution < -0.4 is 15.4 Å². The van der Waals surface area contributed by atoms with Gasteiger partial charge in [0.05, 0.1) is 29.6 Å². The summed E-state index contributed by atoms with van der Waals surface area (Å²) in [7, 11) is 0. The van der Waals surface area contributed by atoms with Crippen molar-refractivity contribution in [3.8, 4) is 11.9 Å². The second kappa shape index (κ2) is 8.52. The van der Waals surface area contributed by atoms with Crippen LogP contribution in [-0.4, -0.2) is 26.3 Å². The lowest BCUT2D eigenvalue weighted by atomic mass is 10.2. The quantitative estimate of drug-likeness (QED) is 0.549.